The average Bonchev–Trinajstić information content (AvgIpc) is 2.96. The van der Waals surface area contributed by atoms with E-state index in [1.165, 1.54) is 4.90 Å². The molecule has 2 aromatic carbocycles. The Morgan fingerprint density at radius 1 is 1.07 bits per heavy atom. The van der Waals surface area contributed by atoms with Crippen LogP contribution in [-0.2, 0) is 9.59 Å². The molecule has 2 aromatic rings. The van der Waals surface area contributed by atoms with Gasteiger partial charge in [0.1, 0.15) is 6.04 Å². The molecule has 0 aromatic heterocycles. The smallest absolute Gasteiger partial charge is 0.257 e. The van der Waals surface area contributed by atoms with Crippen molar-refractivity contribution in [3.8, 4) is 0 Å². The standard InChI is InChI=1S/C23H26N2O3/c1-5-23(3,4)25(21(27)18-14-10-9-11-16(18)2)19-15-20(26)24(22(19)28)17-12-7-6-8-13-17/h6-14,19H,5,15H2,1-4H3. The molecule has 0 N–H and O–H groups in total. The van der Waals surface area contributed by atoms with Gasteiger partial charge in [0, 0.05) is 11.1 Å². The molecule has 28 heavy (non-hydrogen) atoms. The van der Waals surface area contributed by atoms with E-state index in [-0.39, 0.29) is 24.1 Å². The van der Waals surface area contributed by atoms with Crippen molar-refractivity contribution in [1.29, 1.82) is 0 Å². The first-order chi connectivity index (χ1) is 13.3. The van der Waals surface area contributed by atoms with E-state index in [4.69, 9.17) is 0 Å². The summed E-state index contributed by atoms with van der Waals surface area (Å²) in [7, 11) is 0. The molecule has 3 amide bonds. The van der Waals surface area contributed by atoms with E-state index >= 15 is 0 Å². The summed E-state index contributed by atoms with van der Waals surface area (Å²) in [5, 5.41) is 0. The zero-order valence-electron chi connectivity index (χ0n) is 16.8. The highest BCUT2D eigenvalue weighted by atomic mass is 16.2. The molecule has 0 radical (unpaired) electrons. The van der Waals surface area contributed by atoms with Crippen molar-refractivity contribution < 1.29 is 14.4 Å². The van der Waals surface area contributed by atoms with Gasteiger partial charge in [-0.2, -0.15) is 0 Å². The molecule has 1 heterocycles. The number of para-hydroxylation sites is 1. The molecule has 146 valence electrons. The van der Waals surface area contributed by atoms with Crippen molar-refractivity contribution in [1.82, 2.24) is 4.90 Å². The number of amides is 3. The van der Waals surface area contributed by atoms with Crippen molar-refractivity contribution in [2.45, 2.75) is 52.1 Å². The van der Waals surface area contributed by atoms with Gasteiger partial charge in [0.05, 0.1) is 12.1 Å². The fourth-order valence-electron chi connectivity index (χ4n) is 3.62. The van der Waals surface area contributed by atoms with Crippen molar-refractivity contribution in [2.24, 2.45) is 0 Å². The Kier molecular flexibility index (Phi) is 5.36. The lowest BCUT2D eigenvalue weighted by atomic mass is 9.94. The van der Waals surface area contributed by atoms with Crippen molar-refractivity contribution in [3.05, 3.63) is 65.7 Å². The van der Waals surface area contributed by atoms with Gasteiger partial charge in [0.2, 0.25) is 5.91 Å². The Balaban J connectivity index is 2.03. The molecule has 5 heteroatoms. The van der Waals surface area contributed by atoms with Crippen LogP contribution in [0.2, 0.25) is 0 Å². The van der Waals surface area contributed by atoms with Crippen LogP contribution in [0.5, 0.6) is 0 Å². The Hall–Kier alpha value is -2.95. The topological polar surface area (TPSA) is 57.7 Å². The van der Waals surface area contributed by atoms with E-state index in [9.17, 15) is 14.4 Å². The minimum atomic E-state index is -0.810. The molecule has 3 rings (SSSR count). The van der Waals surface area contributed by atoms with Crippen LogP contribution < -0.4 is 4.90 Å². The van der Waals surface area contributed by atoms with Gasteiger partial charge in [-0.3, -0.25) is 14.4 Å². The Labute approximate surface area is 166 Å². The van der Waals surface area contributed by atoms with Crippen LogP contribution in [0, 0.1) is 6.92 Å². The lowest BCUT2D eigenvalue weighted by Crippen LogP contribution is -2.55. The van der Waals surface area contributed by atoms with Gasteiger partial charge in [0.25, 0.3) is 11.8 Å². The van der Waals surface area contributed by atoms with E-state index in [0.717, 1.165) is 5.56 Å². The van der Waals surface area contributed by atoms with Crippen LogP contribution in [0.4, 0.5) is 5.69 Å². The molecule has 1 aliphatic heterocycles. The first-order valence-electron chi connectivity index (χ1n) is 9.59. The number of aryl methyl sites for hydroxylation is 1. The molecular formula is C23H26N2O3. The Bertz CT molecular complexity index is 905. The highest BCUT2D eigenvalue weighted by molar-refractivity contribution is 6.23. The van der Waals surface area contributed by atoms with E-state index < -0.39 is 11.6 Å². The van der Waals surface area contributed by atoms with Gasteiger partial charge in [0.15, 0.2) is 0 Å². The Morgan fingerprint density at radius 2 is 1.68 bits per heavy atom. The highest BCUT2D eigenvalue weighted by Gasteiger charge is 2.48. The monoisotopic (exact) mass is 378 g/mol. The summed E-state index contributed by atoms with van der Waals surface area (Å²) >= 11 is 0. The summed E-state index contributed by atoms with van der Waals surface area (Å²) < 4.78 is 0. The first kappa shape index (κ1) is 19.8. The van der Waals surface area contributed by atoms with Crippen LogP contribution in [0.1, 0.15) is 49.5 Å². The zero-order valence-corrected chi connectivity index (χ0v) is 16.8. The molecule has 1 saturated heterocycles. The van der Waals surface area contributed by atoms with Crippen LogP contribution in [0.15, 0.2) is 54.6 Å². The van der Waals surface area contributed by atoms with Crippen molar-refractivity contribution >= 4 is 23.4 Å². The number of carbonyl (C=O) groups excluding carboxylic acids is 3. The summed E-state index contributed by atoms with van der Waals surface area (Å²) in [5.74, 6) is -0.846. The fourth-order valence-corrected chi connectivity index (χ4v) is 3.62. The maximum atomic E-state index is 13.5. The SMILES string of the molecule is CCC(C)(C)N(C(=O)c1ccccc1C)C1CC(=O)N(c2ccccc2)C1=O. The predicted molar refractivity (Wildman–Crippen MR) is 109 cm³/mol. The first-order valence-corrected chi connectivity index (χ1v) is 9.59. The van der Waals surface area contributed by atoms with Crippen molar-refractivity contribution in [3.63, 3.8) is 0 Å². The largest absolute Gasteiger partial charge is 0.321 e. The normalized spacial score (nSPS) is 17.1. The van der Waals surface area contributed by atoms with Gasteiger partial charge in [-0.25, -0.2) is 4.90 Å². The summed E-state index contributed by atoms with van der Waals surface area (Å²) in [4.78, 5) is 42.3. The van der Waals surface area contributed by atoms with Crippen LogP contribution in [-0.4, -0.2) is 34.2 Å². The predicted octanol–water partition coefficient (Wildman–Crippen LogP) is 3.96. The van der Waals surface area contributed by atoms with Crippen molar-refractivity contribution in [2.75, 3.05) is 4.90 Å². The van der Waals surface area contributed by atoms with Gasteiger partial charge >= 0.3 is 0 Å². The number of nitrogens with zero attached hydrogens (tertiary/aromatic N) is 2. The quantitative estimate of drug-likeness (QED) is 0.740. The number of hydrogen-bond acceptors (Lipinski definition) is 3. The zero-order chi connectivity index (χ0) is 20.5. The second-order valence-electron chi connectivity index (χ2n) is 7.78. The van der Waals surface area contributed by atoms with E-state index in [2.05, 4.69) is 0 Å². The summed E-state index contributed by atoms with van der Waals surface area (Å²) in [6.07, 6.45) is 0.655. The van der Waals surface area contributed by atoms with Gasteiger partial charge in [-0.05, 0) is 51.0 Å². The summed E-state index contributed by atoms with van der Waals surface area (Å²) in [6, 6.07) is 15.4. The fraction of sp³-hybridized carbons (Fsp3) is 0.348. The van der Waals surface area contributed by atoms with Crippen LogP contribution in [0.25, 0.3) is 0 Å². The van der Waals surface area contributed by atoms with Crippen LogP contribution in [0.3, 0.4) is 0 Å². The van der Waals surface area contributed by atoms with Crippen LogP contribution >= 0.6 is 0 Å². The van der Waals surface area contributed by atoms with Gasteiger partial charge in [-0.15, -0.1) is 0 Å². The van der Waals surface area contributed by atoms with E-state index in [1.807, 2.05) is 52.0 Å². The second kappa shape index (κ2) is 7.58. The minimum Gasteiger partial charge on any atom is -0.321 e. The van der Waals surface area contributed by atoms with Gasteiger partial charge < -0.3 is 4.90 Å². The molecule has 1 unspecified atom stereocenters. The second-order valence-corrected chi connectivity index (χ2v) is 7.78. The summed E-state index contributed by atoms with van der Waals surface area (Å²) in [6.45, 7) is 7.73. The van der Waals surface area contributed by atoms with E-state index in [0.29, 0.717) is 17.7 Å². The lowest BCUT2D eigenvalue weighted by molar-refractivity contribution is -0.123. The maximum absolute atomic E-state index is 13.5. The lowest BCUT2D eigenvalue weighted by Gasteiger charge is -2.41. The molecule has 0 saturated carbocycles. The molecule has 1 atom stereocenters. The molecular weight excluding hydrogens is 352 g/mol. The third-order valence-corrected chi connectivity index (χ3v) is 5.56. The number of carbonyl (C=O) groups is 3. The number of anilines is 1. The summed E-state index contributed by atoms with van der Waals surface area (Å²) in [5.41, 5.74) is 1.37. The third kappa shape index (κ3) is 3.44. The molecule has 0 aliphatic carbocycles. The molecule has 0 spiro atoms. The molecule has 1 aliphatic rings. The number of hydrogen-bond donors (Lipinski definition) is 0. The molecule has 1 fully saturated rings. The molecule has 5 nitrogen and oxygen atoms in total. The molecule has 0 bridgehead atoms. The number of imide groups is 1. The minimum absolute atomic E-state index is 0.00518. The average molecular weight is 378 g/mol. The number of benzene rings is 2. The number of rotatable bonds is 5. The van der Waals surface area contributed by atoms with Gasteiger partial charge in [-0.1, -0.05) is 43.3 Å². The Morgan fingerprint density at radius 3 is 2.29 bits per heavy atom. The highest BCUT2D eigenvalue weighted by Crippen LogP contribution is 2.32. The maximum Gasteiger partial charge on any atom is 0.257 e. The van der Waals surface area contributed by atoms with E-state index in [1.54, 1.807) is 35.2 Å². The third-order valence-electron chi connectivity index (χ3n) is 5.56.